The van der Waals surface area contributed by atoms with Gasteiger partial charge in [-0.3, -0.25) is 4.79 Å². The highest BCUT2D eigenvalue weighted by Crippen LogP contribution is 2.23. The molecule has 2 fully saturated rings. The van der Waals surface area contributed by atoms with E-state index in [1.165, 1.54) is 16.4 Å². The van der Waals surface area contributed by atoms with Gasteiger partial charge in [0.1, 0.15) is 5.82 Å². The van der Waals surface area contributed by atoms with E-state index < -0.39 is 10.0 Å². The fourth-order valence-electron chi connectivity index (χ4n) is 3.85. The number of benzene rings is 1. The first kappa shape index (κ1) is 20.1. The van der Waals surface area contributed by atoms with E-state index in [-0.39, 0.29) is 29.4 Å². The number of nitrogens with zero attached hydrogens (tertiary/aromatic N) is 2. The van der Waals surface area contributed by atoms with Crippen molar-refractivity contribution in [2.75, 3.05) is 36.8 Å². The first-order valence-corrected chi connectivity index (χ1v) is 11.3. The van der Waals surface area contributed by atoms with Crippen molar-refractivity contribution in [2.24, 2.45) is 5.92 Å². The number of carbonyl (C=O) groups is 1. The second-order valence-electron chi connectivity index (χ2n) is 7.32. The molecule has 2 aliphatic rings. The zero-order chi connectivity index (χ0) is 19.4. The van der Waals surface area contributed by atoms with E-state index >= 15 is 0 Å². The van der Waals surface area contributed by atoms with Crippen molar-refractivity contribution >= 4 is 21.6 Å². The van der Waals surface area contributed by atoms with Crippen LogP contribution in [0.15, 0.2) is 24.3 Å². The third-order valence-electron chi connectivity index (χ3n) is 5.60. The lowest BCUT2D eigenvalue weighted by atomic mass is 9.95. The molecule has 2 aliphatic heterocycles. The Kier molecular flexibility index (Phi) is 6.37. The summed E-state index contributed by atoms with van der Waals surface area (Å²) in [4.78, 5) is 14.7. The van der Waals surface area contributed by atoms with Gasteiger partial charge in [0.25, 0.3) is 0 Å². The third kappa shape index (κ3) is 4.99. The number of carbonyl (C=O) groups excluding carboxylic acids is 1. The van der Waals surface area contributed by atoms with Gasteiger partial charge in [-0.15, -0.1) is 0 Å². The van der Waals surface area contributed by atoms with Crippen LogP contribution in [0.3, 0.4) is 0 Å². The van der Waals surface area contributed by atoms with Crippen LogP contribution in [0.4, 0.5) is 10.1 Å². The molecular weight excluding hydrogens is 369 g/mol. The Balaban J connectivity index is 1.45. The van der Waals surface area contributed by atoms with Crippen LogP contribution in [-0.4, -0.2) is 56.6 Å². The summed E-state index contributed by atoms with van der Waals surface area (Å²) in [5.41, 5.74) is 0.879. The maximum absolute atomic E-state index is 13.4. The van der Waals surface area contributed by atoms with Crippen LogP contribution in [0.2, 0.25) is 0 Å². The lowest BCUT2D eigenvalue weighted by Gasteiger charge is -2.35. The van der Waals surface area contributed by atoms with Crippen LogP contribution in [0.5, 0.6) is 0 Å². The van der Waals surface area contributed by atoms with Gasteiger partial charge >= 0.3 is 0 Å². The van der Waals surface area contributed by atoms with E-state index in [0.29, 0.717) is 25.9 Å². The molecule has 0 radical (unpaired) electrons. The van der Waals surface area contributed by atoms with Crippen molar-refractivity contribution in [3.05, 3.63) is 30.1 Å². The summed E-state index contributed by atoms with van der Waals surface area (Å²) in [6, 6.07) is 6.72. The highest BCUT2D eigenvalue weighted by atomic mass is 32.2. The lowest BCUT2D eigenvalue weighted by molar-refractivity contribution is -0.127. The number of anilines is 1. The SMILES string of the molecule is CCS(=O)(=O)N1CCC(C(=O)NC2CCN(c3cccc(F)c3)CC2)CC1. The van der Waals surface area contributed by atoms with Crippen molar-refractivity contribution in [1.29, 1.82) is 0 Å². The molecule has 1 N–H and O–H groups in total. The topological polar surface area (TPSA) is 69.7 Å². The summed E-state index contributed by atoms with van der Waals surface area (Å²) in [5.74, 6) is -0.213. The molecule has 1 amide bonds. The number of piperidine rings is 2. The Morgan fingerprint density at radius 1 is 1.15 bits per heavy atom. The molecule has 3 rings (SSSR count). The molecule has 6 nitrogen and oxygen atoms in total. The largest absolute Gasteiger partial charge is 0.371 e. The average molecular weight is 398 g/mol. The maximum atomic E-state index is 13.4. The Morgan fingerprint density at radius 2 is 1.81 bits per heavy atom. The molecule has 0 aliphatic carbocycles. The quantitative estimate of drug-likeness (QED) is 0.825. The second kappa shape index (κ2) is 8.56. The van der Waals surface area contributed by atoms with Crippen LogP contribution in [-0.2, 0) is 14.8 Å². The third-order valence-corrected chi connectivity index (χ3v) is 7.48. The molecule has 0 saturated carbocycles. The Labute approximate surface area is 160 Å². The minimum absolute atomic E-state index is 0.0350. The summed E-state index contributed by atoms with van der Waals surface area (Å²) in [5, 5.41) is 3.13. The molecule has 0 atom stereocenters. The molecule has 1 aromatic carbocycles. The summed E-state index contributed by atoms with van der Waals surface area (Å²) in [6.45, 7) is 4.05. The van der Waals surface area contributed by atoms with E-state index in [0.717, 1.165) is 31.6 Å². The molecule has 0 bridgehead atoms. The fourth-order valence-corrected chi connectivity index (χ4v) is 4.98. The van der Waals surface area contributed by atoms with Crippen molar-refractivity contribution in [2.45, 2.75) is 38.6 Å². The molecule has 150 valence electrons. The lowest BCUT2D eigenvalue weighted by Crippen LogP contribution is -2.48. The van der Waals surface area contributed by atoms with E-state index in [2.05, 4.69) is 10.2 Å². The Bertz CT molecular complexity index is 755. The number of halogens is 1. The standard InChI is InChI=1S/C19H28FN3O3S/c1-2-27(25,26)23-12-6-15(7-13-23)19(24)21-17-8-10-22(11-9-17)18-5-3-4-16(20)14-18/h3-5,14-15,17H,2,6-13H2,1H3,(H,21,24). The molecule has 0 spiro atoms. The van der Waals surface area contributed by atoms with Gasteiger partial charge < -0.3 is 10.2 Å². The first-order chi connectivity index (χ1) is 12.9. The van der Waals surface area contributed by atoms with Gasteiger partial charge in [0.2, 0.25) is 15.9 Å². The number of hydrogen-bond acceptors (Lipinski definition) is 4. The average Bonchev–Trinajstić information content (AvgIpc) is 2.68. The zero-order valence-corrected chi connectivity index (χ0v) is 16.5. The Morgan fingerprint density at radius 3 is 2.41 bits per heavy atom. The van der Waals surface area contributed by atoms with Crippen LogP contribution >= 0.6 is 0 Å². The smallest absolute Gasteiger partial charge is 0.223 e. The number of nitrogens with one attached hydrogen (secondary N) is 1. The van der Waals surface area contributed by atoms with Gasteiger partial charge in [-0.05, 0) is 50.8 Å². The predicted molar refractivity (Wildman–Crippen MR) is 104 cm³/mol. The minimum Gasteiger partial charge on any atom is -0.371 e. The van der Waals surface area contributed by atoms with E-state index in [4.69, 9.17) is 0 Å². The first-order valence-electron chi connectivity index (χ1n) is 9.68. The van der Waals surface area contributed by atoms with Gasteiger partial charge in [-0.25, -0.2) is 17.1 Å². The van der Waals surface area contributed by atoms with Crippen molar-refractivity contribution < 1.29 is 17.6 Å². The van der Waals surface area contributed by atoms with Gasteiger partial charge in [-0.2, -0.15) is 0 Å². The highest BCUT2D eigenvalue weighted by Gasteiger charge is 2.31. The van der Waals surface area contributed by atoms with Gasteiger partial charge in [0, 0.05) is 43.8 Å². The van der Waals surface area contributed by atoms with Gasteiger partial charge in [-0.1, -0.05) is 6.07 Å². The molecule has 27 heavy (non-hydrogen) atoms. The maximum Gasteiger partial charge on any atom is 0.223 e. The van der Waals surface area contributed by atoms with E-state index in [9.17, 15) is 17.6 Å². The summed E-state index contributed by atoms with van der Waals surface area (Å²) in [6.07, 6.45) is 2.80. The summed E-state index contributed by atoms with van der Waals surface area (Å²) < 4.78 is 38.7. The van der Waals surface area contributed by atoms with Crippen LogP contribution in [0.25, 0.3) is 0 Å². The normalized spacial score (nSPS) is 20.6. The number of amides is 1. The molecule has 0 aromatic heterocycles. The fraction of sp³-hybridized carbons (Fsp3) is 0.632. The molecule has 2 heterocycles. The zero-order valence-electron chi connectivity index (χ0n) is 15.7. The summed E-state index contributed by atoms with van der Waals surface area (Å²) >= 11 is 0. The van der Waals surface area contributed by atoms with Crippen LogP contribution in [0, 0.1) is 11.7 Å². The van der Waals surface area contributed by atoms with E-state index in [1.807, 2.05) is 6.07 Å². The van der Waals surface area contributed by atoms with Crippen molar-refractivity contribution in [3.63, 3.8) is 0 Å². The minimum atomic E-state index is -3.16. The second-order valence-corrected chi connectivity index (χ2v) is 9.58. The van der Waals surface area contributed by atoms with Crippen LogP contribution < -0.4 is 10.2 Å². The number of sulfonamides is 1. The van der Waals surface area contributed by atoms with Gasteiger partial charge in [0.15, 0.2) is 0 Å². The summed E-state index contributed by atoms with van der Waals surface area (Å²) in [7, 11) is -3.16. The predicted octanol–water partition coefficient (Wildman–Crippen LogP) is 1.97. The molecule has 8 heteroatoms. The van der Waals surface area contributed by atoms with Crippen LogP contribution in [0.1, 0.15) is 32.6 Å². The molecule has 0 unspecified atom stereocenters. The molecule has 1 aromatic rings. The van der Waals surface area contributed by atoms with Crippen molar-refractivity contribution in [3.8, 4) is 0 Å². The van der Waals surface area contributed by atoms with Gasteiger partial charge in [0.05, 0.1) is 5.75 Å². The monoisotopic (exact) mass is 397 g/mol. The van der Waals surface area contributed by atoms with E-state index in [1.54, 1.807) is 13.0 Å². The van der Waals surface area contributed by atoms with Crippen molar-refractivity contribution in [1.82, 2.24) is 9.62 Å². The molecule has 2 saturated heterocycles. The number of rotatable bonds is 5. The molecular formula is C19H28FN3O3S. The highest BCUT2D eigenvalue weighted by molar-refractivity contribution is 7.89. The number of hydrogen-bond donors (Lipinski definition) is 1. The Hall–Kier alpha value is -1.67.